The van der Waals surface area contributed by atoms with Crippen LogP contribution in [0.15, 0.2) is 22.7 Å². The predicted molar refractivity (Wildman–Crippen MR) is 80.0 cm³/mol. The number of nitrogens with one attached hydrogen (secondary N) is 1. The van der Waals surface area contributed by atoms with Crippen molar-refractivity contribution in [1.29, 1.82) is 0 Å². The van der Waals surface area contributed by atoms with Gasteiger partial charge in [-0.1, -0.05) is 39.5 Å². The number of benzene rings is 1. The molecule has 1 aromatic carbocycles. The Morgan fingerprint density at radius 3 is 2.84 bits per heavy atom. The molecule has 0 bridgehead atoms. The van der Waals surface area contributed by atoms with E-state index in [4.69, 9.17) is 22.8 Å². The molecule has 0 aliphatic heterocycles. The monoisotopic (exact) mass is 343 g/mol. The van der Waals surface area contributed by atoms with E-state index in [-0.39, 0.29) is 6.54 Å². The lowest BCUT2D eigenvalue weighted by Crippen LogP contribution is -2.48. The van der Waals surface area contributed by atoms with Crippen LogP contribution in [-0.4, -0.2) is 19.1 Å². The van der Waals surface area contributed by atoms with E-state index in [9.17, 15) is 4.79 Å². The number of rotatable bonds is 5. The molecule has 0 aromatic heterocycles. The molecule has 0 spiro atoms. The first-order valence-corrected chi connectivity index (χ1v) is 6.94. The van der Waals surface area contributed by atoms with Crippen LogP contribution in [0.4, 0.5) is 0 Å². The molecule has 19 heavy (non-hydrogen) atoms. The Morgan fingerprint density at radius 1 is 1.63 bits per heavy atom. The van der Waals surface area contributed by atoms with Crippen molar-refractivity contribution in [2.45, 2.75) is 19.4 Å². The van der Waals surface area contributed by atoms with Gasteiger partial charge in [-0.3, -0.25) is 5.32 Å². The molecule has 1 rings (SSSR count). The highest BCUT2D eigenvalue weighted by Crippen LogP contribution is 2.31. The quantitative estimate of drug-likeness (QED) is 0.659. The van der Waals surface area contributed by atoms with Crippen molar-refractivity contribution in [2.75, 3.05) is 13.2 Å². The van der Waals surface area contributed by atoms with Crippen molar-refractivity contribution < 1.29 is 9.53 Å². The molecule has 102 valence electrons. The molecule has 1 unspecified atom stereocenters. The van der Waals surface area contributed by atoms with Crippen molar-refractivity contribution in [3.8, 4) is 12.3 Å². The van der Waals surface area contributed by atoms with Crippen LogP contribution in [-0.2, 0) is 15.1 Å². The fourth-order valence-electron chi connectivity index (χ4n) is 1.68. The average Bonchev–Trinajstić information content (AvgIpc) is 2.36. The molecule has 0 aliphatic rings. The number of carbonyl (C=O) groups excluding carboxylic acids is 1. The largest absolute Gasteiger partial charge is 0.464 e. The summed E-state index contributed by atoms with van der Waals surface area (Å²) in [5, 5.41) is 3.46. The van der Waals surface area contributed by atoms with Gasteiger partial charge in [-0.15, -0.1) is 6.42 Å². The van der Waals surface area contributed by atoms with Gasteiger partial charge in [0.25, 0.3) is 0 Å². The number of hydrogen-bond donors (Lipinski definition) is 1. The first-order chi connectivity index (χ1) is 8.95. The maximum atomic E-state index is 12.2. The minimum absolute atomic E-state index is 0.238. The summed E-state index contributed by atoms with van der Waals surface area (Å²) in [6.07, 6.45) is 5.24. The van der Waals surface area contributed by atoms with Crippen molar-refractivity contribution in [3.05, 3.63) is 33.3 Å². The molecule has 0 amide bonds. The molecule has 0 fully saturated rings. The first kappa shape index (κ1) is 16.0. The van der Waals surface area contributed by atoms with Crippen LogP contribution in [0.25, 0.3) is 0 Å². The summed E-state index contributed by atoms with van der Waals surface area (Å²) in [7, 11) is 0. The lowest BCUT2D eigenvalue weighted by atomic mass is 9.92. The molecule has 1 N–H and O–H groups in total. The summed E-state index contributed by atoms with van der Waals surface area (Å²) in [5.41, 5.74) is -0.439. The molecule has 1 aromatic rings. The van der Waals surface area contributed by atoms with Crippen LogP contribution in [0.5, 0.6) is 0 Å². The molecule has 0 heterocycles. The lowest BCUT2D eigenvalue weighted by molar-refractivity contribution is -0.150. The standard InChI is InChI=1S/C14H15BrClNO2/c1-4-8-17-14(3,13(18)19-5-2)11-7-6-10(15)9-12(11)16/h1,6-7,9,17H,5,8H2,2-3H3. The van der Waals surface area contributed by atoms with Gasteiger partial charge in [0, 0.05) is 15.1 Å². The number of halogens is 2. The van der Waals surface area contributed by atoms with E-state index < -0.39 is 11.5 Å². The van der Waals surface area contributed by atoms with Gasteiger partial charge in [-0.2, -0.15) is 0 Å². The predicted octanol–water partition coefficient (Wildman–Crippen LogP) is 3.10. The summed E-state index contributed by atoms with van der Waals surface area (Å²) >= 11 is 9.54. The van der Waals surface area contributed by atoms with Gasteiger partial charge >= 0.3 is 5.97 Å². The van der Waals surface area contributed by atoms with Gasteiger partial charge in [-0.05, 0) is 26.0 Å². The molecule has 1 atom stereocenters. The summed E-state index contributed by atoms with van der Waals surface area (Å²) in [4.78, 5) is 12.2. The molecule has 0 aliphatic carbocycles. The summed E-state index contributed by atoms with van der Waals surface area (Å²) in [5.74, 6) is 2.04. The number of esters is 1. The van der Waals surface area contributed by atoms with Gasteiger partial charge in [0.15, 0.2) is 0 Å². The second-order valence-electron chi connectivity index (χ2n) is 4.03. The molecule has 0 saturated carbocycles. The molecule has 5 heteroatoms. The van der Waals surface area contributed by atoms with E-state index in [0.717, 1.165) is 4.47 Å². The molecular formula is C14H15BrClNO2. The van der Waals surface area contributed by atoms with Crippen LogP contribution in [0.2, 0.25) is 5.02 Å². The molecule has 3 nitrogen and oxygen atoms in total. The summed E-state index contributed by atoms with van der Waals surface area (Å²) in [6.45, 7) is 3.99. The lowest BCUT2D eigenvalue weighted by Gasteiger charge is -2.29. The van der Waals surface area contributed by atoms with Crippen LogP contribution >= 0.6 is 27.5 Å². The van der Waals surface area contributed by atoms with Crippen LogP contribution in [0.3, 0.4) is 0 Å². The molecule has 0 radical (unpaired) electrons. The van der Waals surface area contributed by atoms with Gasteiger partial charge in [0.1, 0.15) is 5.54 Å². The van der Waals surface area contributed by atoms with E-state index in [1.807, 2.05) is 6.07 Å². The Hall–Kier alpha value is -1.02. The van der Waals surface area contributed by atoms with E-state index >= 15 is 0 Å². The SMILES string of the molecule is C#CCNC(C)(C(=O)OCC)c1ccc(Br)cc1Cl. The highest BCUT2D eigenvalue weighted by atomic mass is 79.9. The average molecular weight is 345 g/mol. The highest BCUT2D eigenvalue weighted by Gasteiger charge is 2.37. The zero-order valence-electron chi connectivity index (χ0n) is 10.8. The maximum absolute atomic E-state index is 12.2. The van der Waals surface area contributed by atoms with Crippen molar-refractivity contribution in [2.24, 2.45) is 0 Å². The van der Waals surface area contributed by atoms with E-state index in [1.165, 1.54) is 0 Å². The topological polar surface area (TPSA) is 38.3 Å². The third-order valence-electron chi connectivity index (χ3n) is 2.70. The van der Waals surface area contributed by atoms with E-state index in [2.05, 4.69) is 27.2 Å². The smallest absolute Gasteiger partial charge is 0.330 e. The van der Waals surface area contributed by atoms with Crippen LogP contribution < -0.4 is 5.32 Å². The van der Waals surface area contributed by atoms with E-state index in [0.29, 0.717) is 17.2 Å². The van der Waals surface area contributed by atoms with Gasteiger partial charge < -0.3 is 4.74 Å². The second kappa shape index (κ2) is 6.95. The molecular weight excluding hydrogens is 330 g/mol. The Bertz CT molecular complexity index is 513. The zero-order chi connectivity index (χ0) is 14.5. The van der Waals surface area contributed by atoms with E-state index in [1.54, 1.807) is 26.0 Å². The Balaban J connectivity index is 3.22. The maximum Gasteiger partial charge on any atom is 0.330 e. The van der Waals surface area contributed by atoms with Gasteiger partial charge in [0.05, 0.1) is 13.2 Å². The van der Waals surface area contributed by atoms with Crippen LogP contribution in [0, 0.1) is 12.3 Å². The normalized spacial score (nSPS) is 13.4. The first-order valence-electron chi connectivity index (χ1n) is 5.77. The van der Waals surface area contributed by atoms with Crippen LogP contribution in [0.1, 0.15) is 19.4 Å². The number of ether oxygens (including phenoxy) is 1. The van der Waals surface area contributed by atoms with Gasteiger partial charge in [-0.25, -0.2) is 4.79 Å². The van der Waals surface area contributed by atoms with Gasteiger partial charge in [0.2, 0.25) is 0 Å². The zero-order valence-corrected chi connectivity index (χ0v) is 13.1. The summed E-state index contributed by atoms with van der Waals surface area (Å²) in [6, 6.07) is 5.31. The number of hydrogen-bond acceptors (Lipinski definition) is 3. The highest BCUT2D eigenvalue weighted by molar-refractivity contribution is 9.10. The van der Waals surface area contributed by atoms with Crippen molar-refractivity contribution in [1.82, 2.24) is 5.32 Å². The molecule has 0 saturated heterocycles. The van der Waals surface area contributed by atoms with Crippen molar-refractivity contribution >= 4 is 33.5 Å². The minimum Gasteiger partial charge on any atom is -0.464 e. The fourth-order valence-corrected chi connectivity index (χ4v) is 2.54. The Morgan fingerprint density at radius 2 is 2.32 bits per heavy atom. The summed E-state index contributed by atoms with van der Waals surface area (Å²) < 4.78 is 5.94. The van der Waals surface area contributed by atoms with Crippen molar-refractivity contribution in [3.63, 3.8) is 0 Å². The number of terminal acetylenes is 1. The third kappa shape index (κ3) is 3.73. The fraction of sp³-hybridized carbons (Fsp3) is 0.357. The third-order valence-corrected chi connectivity index (χ3v) is 3.50. The Labute approximate surface area is 126 Å². The Kier molecular flexibility index (Phi) is 5.86. The second-order valence-corrected chi connectivity index (χ2v) is 5.35. The minimum atomic E-state index is -1.07. The number of carbonyl (C=O) groups is 1.